The average molecular weight is 871 g/mol. The van der Waals surface area contributed by atoms with Crippen LogP contribution in [0.2, 0.25) is 0 Å². The molecule has 64 heavy (non-hydrogen) atoms. The minimum atomic E-state index is -1.00. The van der Waals surface area contributed by atoms with Gasteiger partial charge in [0.05, 0.1) is 23.8 Å². The molecule has 0 radical (unpaired) electrons. The van der Waals surface area contributed by atoms with E-state index < -0.39 is 17.4 Å². The van der Waals surface area contributed by atoms with E-state index >= 15 is 4.39 Å². The van der Waals surface area contributed by atoms with Gasteiger partial charge in [-0.1, -0.05) is 24.2 Å². The Morgan fingerprint density at radius 1 is 1.00 bits per heavy atom. The summed E-state index contributed by atoms with van der Waals surface area (Å²) in [5.41, 5.74) is 3.84. The number of halogens is 1. The lowest BCUT2D eigenvalue weighted by molar-refractivity contribution is -0.134. The molecule has 10 rings (SSSR count). The summed E-state index contributed by atoms with van der Waals surface area (Å²) in [5, 5.41) is 29.0. The fourth-order valence-electron chi connectivity index (χ4n) is 9.66. The summed E-state index contributed by atoms with van der Waals surface area (Å²) >= 11 is 0. The van der Waals surface area contributed by atoms with Crippen LogP contribution in [-0.4, -0.2) is 103 Å². The van der Waals surface area contributed by atoms with Gasteiger partial charge in [0, 0.05) is 86.8 Å². The number of likely N-dealkylation sites (tertiary alicyclic amines) is 1. The number of carbonyl (C=O) groups is 2. The molecule has 0 saturated carbocycles. The summed E-state index contributed by atoms with van der Waals surface area (Å²) < 4.78 is 24.2. The first-order valence-electron chi connectivity index (χ1n) is 22.2. The molecule has 2 atom stereocenters. The van der Waals surface area contributed by atoms with Gasteiger partial charge in [-0.2, -0.15) is 4.98 Å². The number of fused-ring (bicyclic) bond motifs is 3. The fraction of sp³-hybridized carbons (Fsp3) is 0.413. The van der Waals surface area contributed by atoms with E-state index in [1.807, 2.05) is 48.2 Å². The van der Waals surface area contributed by atoms with Crippen LogP contribution in [0.25, 0.3) is 27.8 Å². The summed E-state index contributed by atoms with van der Waals surface area (Å²) in [6.45, 7) is 11.0. The number of aliphatic hydroxyl groups is 1. The Morgan fingerprint density at radius 3 is 2.56 bits per heavy atom. The van der Waals surface area contributed by atoms with Crippen LogP contribution in [-0.2, 0) is 28.2 Å². The third-order valence-corrected chi connectivity index (χ3v) is 13.4. The number of amides is 2. The maximum atomic E-state index is 15.4. The summed E-state index contributed by atoms with van der Waals surface area (Å²) in [6.07, 6.45) is 7.70. The molecule has 0 spiro atoms. The highest BCUT2D eigenvalue weighted by molar-refractivity contribution is 6.02. The monoisotopic (exact) mass is 870 g/mol. The predicted octanol–water partition coefficient (Wildman–Crippen LogP) is 4.61. The van der Waals surface area contributed by atoms with Crippen molar-refractivity contribution < 1.29 is 23.6 Å². The Kier molecular flexibility index (Phi) is 11.0. The van der Waals surface area contributed by atoms with Crippen molar-refractivity contribution in [3.8, 4) is 5.82 Å². The molecule has 4 aliphatic rings. The van der Waals surface area contributed by atoms with E-state index in [9.17, 15) is 19.5 Å². The average Bonchev–Trinajstić information content (AvgIpc) is 3.93. The second-order valence-corrected chi connectivity index (χ2v) is 17.3. The molecule has 6 aromatic rings. The number of piperidine rings is 2. The Morgan fingerprint density at radius 2 is 1.80 bits per heavy atom. The molecule has 0 bridgehead atoms. The molecule has 2 amide bonds. The quantitative estimate of drug-likeness (QED) is 0.0578. The topological polar surface area (TPSA) is 201 Å². The van der Waals surface area contributed by atoms with Crippen LogP contribution in [0, 0.1) is 5.82 Å². The van der Waals surface area contributed by atoms with Gasteiger partial charge in [0.2, 0.25) is 17.8 Å². The summed E-state index contributed by atoms with van der Waals surface area (Å²) in [5.74, 6) is -0.936. The van der Waals surface area contributed by atoms with Gasteiger partial charge in [0.25, 0.3) is 5.56 Å². The third-order valence-electron chi connectivity index (χ3n) is 13.4. The van der Waals surface area contributed by atoms with Crippen molar-refractivity contribution in [1.82, 2.24) is 45.0 Å². The van der Waals surface area contributed by atoms with Crippen molar-refractivity contribution in [2.24, 2.45) is 0 Å². The summed E-state index contributed by atoms with van der Waals surface area (Å²) in [4.78, 5) is 56.1. The van der Waals surface area contributed by atoms with Crippen LogP contribution in [0.15, 0.2) is 76.7 Å². The number of hydrogen-bond donors (Lipinski definition) is 5. The van der Waals surface area contributed by atoms with Gasteiger partial charge in [-0.15, -0.1) is 6.58 Å². The van der Waals surface area contributed by atoms with Crippen molar-refractivity contribution in [2.45, 2.75) is 82.0 Å². The zero-order valence-corrected chi connectivity index (χ0v) is 35.6. The van der Waals surface area contributed by atoms with E-state index in [-0.39, 0.29) is 30.2 Å². The van der Waals surface area contributed by atoms with Crippen LogP contribution in [0.1, 0.15) is 68.3 Å². The van der Waals surface area contributed by atoms with Crippen molar-refractivity contribution in [3.63, 3.8) is 0 Å². The second kappa shape index (κ2) is 16.9. The van der Waals surface area contributed by atoms with Crippen molar-refractivity contribution in [1.29, 1.82) is 0 Å². The smallest absolute Gasteiger partial charge is 0.278 e. The number of pyridine rings is 1. The van der Waals surface area contributed by atoms with E-state index in [1.165, 1.54) is 16.9 Å². The van der Waals surface area contributed by atoms with Crippen LogP contribution in [0.3, 0.4) is 0 Å². The number of hydrogen-bond acceptors (Lipinski definition) is 14. The van der Waals surface area contributed by atoms with E-state index in [2.05, 4.69) is 42.9 Å². The number of allylic oxidation sites excluding steroid dienone is 1. The van der Waals surface area contributed by atoms with E-state index in [0.29, 0.717) is 82.2 Å². The molecular formula is C46H51FN12O5. The molecule has 7 heterocycles. The van der Waals surface area contributed by atoms with Crippen molar-refractivity contribution in [3.05, 3.63) is 101 Å². The van der Waals surface area contributed by atoms with Crippen LogP contribution in [0.4, 0.5) is 27.4 Å². The lowest BCUT2D eigenvalue weighted by Gasteiger charge is -2.48. The number of rotatable bonds is 14. The molecule has 3 saturated heterocycles. The van der Waals surface area contributed by atoms with E-state index in [1.54, 1.807) is 16.8 Å². The number of imide groups is 1. The van der Waals surface area contributed by atoms with Gasteiger partial charge in [-0.05, 0) is 80.5 Å². The second-order valence-electron chi connectivity index (χ2n) is 17.3. The summed E-state index contributed by atoms with van der Waals surface area (Å²) in [6, 6.07) is 15.6. The molecular weight excluding hydrogens is 820 g/mol. The molecule has 17 nitrogen and oxygen atoms in total. The van der Waals surface area contributed by atoms with Gasteiger partial charge in [-0.3, -0.25) is 24.6 Å². The molecule has 1 aliphatic carbocycles. The zero-order chi connectivity index (χ0) is 44.1. The maximum Gasteiger partial charge on any atom is 0.278 e. The Hall–Kier alpha value is -6.50. The number of nitrogens with one attached hydrogen (secondary N) is 4. The minimum Gasteiger partial charge on any atom is -0.384 e. The maximum absolute atomic E-state index is 15.4. The van der Waals surface area contributed by atoms with Crippen LogP contribution >= 0.6 is 0 Å². The van der Waals surface area contributed by atoms with Crippen molar-refractivity contribution in [2.75, 3.05) is 54.8 Å². The third kappa shape index (κ3) is 7.68. The number of anilines is 4. The first kappa shape index (κ1) is 41.5. The molecule has 4 aromatic heterocycles. The lowest BCUT2D eigenvalue weighted by atomic mass is 9.92. The number of carbonyl (C=O) groups excluding carboxylic acids is 2. The first-order chi connectivity index (χ1) is 31.1. The number of aryl methyl sites for hydroxylation is 1. The predicted molar refractivity (Wildman–Crippen MR) is 240 cm³/mol. The molecule has 3 aliphatic heterocycles. The zero-order valence-electron chi connectivity index (χ0n) is 35.6. The van der Waals surface area contributed by atoms with E-state index in [4.69, 9.17) is 14.5 Å². The van der Waals surface area contributed by atoms with Crippen LogP contribution in [0.5, 0.6) is 0 Å². The normalized spacial score (nSPS) is 20.7. The Balaban J connectivity index is 0.691. The fourth-order valence-corrected chi connectivity index (χ4v) is 9.66. The molecule has 3 fully saturated rings. The lowest BCUT2D eigenvalue weighted by Crippen LogP contribution is -2.62. The van der Waals surface area contributed by atoms with Gasteiger partial charge in [0.1, 0.15) is 22.5 Å². The van der Waals surface area contributed by atoms with Gasteiger partial charge in [0.15, 0.2) is 17.0 Å². The number of aromatic nitrogens is 6. The van der Waals surface area contributed by atoms with Crippen LogP contribution < -0.4 is 31.7 Å². The molecule has 18 heteroatoms. The standard InChI is InChI=1S/C46H51FN12O5/c1-3-19-58-44(62)34-24-50-45(54-42(34)59(58)38-11-5-27-13-16-46(63,4-2)41(27)52-38)51-30-8-6-28(7-9-30)48-17-18-49-29-14-20-56(21-15-29)31-25-57(26-31)36-23-37-33(22-35(36)47)40(55-64-37)32-10-12-39(60)53-43(32)61/h3,5-9,11,22-24,29,31-32,48-49,63H,1,4,10,12-21,25-26H2,2H3,(H,50,51,54)(H,53,60,61)/t32?,46-/m1/s1. The molecule has 5 N–H and O–H groups in total. The number of nitrogens with zero attached hydrogens (tertiary/aromatic N) is 8. The van der Waals surface area contributed by atoms with Gasteiger partial charge < -0.3 is 30.5 Å². The highest BCUT2D eigenvalue weighted by Crippen LogP contribution is 2.39. The van der Waals surface area contributed by atoms with Gasteiger partial charge >= 0.3 is 0 Å². The Bertz CT molecular complexity index is 2830. The Labute approximate surface area is 367 Å². The molecule has 332 valence electrons. The highest BCUT2D eigenvalue weighted by Gasteiger charge is 2.38. The van der Waals surface area contributed by atoms with Crippen molar-refractivity contribution >= 4 is 56.8 Å². The molecule has 1 unspecified atom stereocenters. The first-order valence-corrected chi connectivity index (χ1v) is 22.2. The van der Waals surface area contributed by atoms with E-state index in [0.717, 1.165) is 75.5 Å². The largest absolute Gasteiger partial charge is 0.384 e. The highest BCUT2D eigenvalue weighted by atomic mass is 19.1. The SMILES string of the molecule is C=CCn1c(=O)c2cnc(Nc3ccc(NCCNC4CCN(C5CN(c6cc7onc(C8CCC(=O)NC8=O)c7cc6F)C5)CC4)cc3)nc2n1-c1ccc2c(n1)[C@@](O)(CC)CC2. The molecule has 2 aromatic carbocycles. The number of benzene rings is 2. The minimum absolute atomic E-state index is 0.211. The van der Waals surface area contributed by atoms with Gasteiger partial charge in [-0.25, -0.2) is 23.7 Å². The summed E-state index contributed by atoms with van der Waals surface area (Å²) in [7, 11) is 0.